The van der Waals surface area contributed by atoms with Crippen LogP contribution in [0, 0.1) is 0 Å². The maximum atomic E-state index is 12.4. The Hall–Kier alpha value is -2.40. The number of amides is 2. The number of carbonyl (C=O) groups is 1. The van der Waals surface area contributed by atoms with E-state index in [9.17, 15) is 9.90 Å². The first-order chi connectivity index (χ1) is 11.6. The van der Waals surface area contributed by atoms with E-state index in [0.717, 1.165) is 11.3 Å². The SMILES string of the molecule is CC(c1ccccn1)N(C)C(=O)NCC(CCO)c1ccccc1. The Bertz CT molecular complexity index is 619. The van der Waals surface area contributed by atoms with Crippen molar-refractivity contribution in [1.29, 1.82) is 0 Å². The standard InChI is InChI=1S/C19H25N3O2/c1-15(18-10-6-7-12-20-18)22(2)19(24)21-14-17(11-13-23)16-8-4-3-5-9-16/h3-10,12,15,17,23H,11,13-14H2,1-2H3,(H,21,24). The third-order valence-electron chi connectivity index (χ3n) is 4.27. The molecule has 0 fully saturated rings. The number of carbonyl (C=O) groups excluding carboxylic acids is 1. The average Bonchev–Trinajstić information content (AvgIpc) is 2.65. The molecule has 2 N–H and O–H groups in total. The number of rotatable bonds is 7. The zero-order valence-electron chi connectivity index (χ0n) is 14.2. The maximum absolute atomic E-state index is 12.4. The van der Waals surface area contributed by atoms with Gasteiger partial charge in [0.1, 0.15) is 0 Å². The molecule has 2 aromatic rings. The molecule has 1 aromatic carbocycles. The summed E-state index contributed by atoms with van der Waals surface area (Å²) < 4.78 is 0. The summed E-state index contributed by atoms with van der Waals surface area (Å²) in [4.78, 5) is 18.4. The van der Waals surface area contributed by atoms with E-state index in [4.69, 9.17) is 0 Å². The number of hydrogen-bond donors (Lipinski definition) is 2. The van der Waals surface area contributed by atoms with Crippen molar-refractivity contribution in [1.82, 2.24) is 15.2 Å². The number of aliphatic hydroxyl groups excluding tert-OH is 1. The molecule has 0 aliphatic carbocycles. The number of pyridine rings is 1. The quantitative estimate of drug-likeness (QED) is 0.822. The van der Waals surface area contributed by atoms with Crippen molar-refractivity contribution in [2.75, 3.05) is 20.2 Å². The van der Waals surface area contributed by atoms with Gasteiger partial charge in [-0.1, -0.05) is 36.4 Å². The van der Waals surface area contributed by atoms with Gasteiger partial charge in [-0.15, -0.1) is 0 Å². The normalized spacial score (nSPS) is 13.1. The molecule has 1 aromatic heterocycles. The van der Waals surface area contributed by atoms with Crippen LogP contribution in [0.5, 0.6) is 0 Å². The summed E-state index contributed by atoms with van der Waals surface area (Å²) in [6.45, 7) is 2.53. The van der Waals surface area contributed by atoms with Crippen LogP contribution in [0.3, 0.4) is 0 Å². The van der Waals surface area contributed by atoms with Crippen molar-refractivity contribution in [3.8, 4) is 0 Å². The molecule has 2 atom stereocenters. The van der Waals surface area contributed by atoms with Gasteiger partial charge < -0.3 is 15.3 Å². The fourth-order valence-corrected chi connectivity index (χ4v) is 2.60. The van der Waals surface area contributed by atoms with E-state index in [-0.39, 0.29) is 24.6 Å². The van der Waals surface area contributed by atoms with Gasteiger partial charge in [0, 0.05) is 32.3 Å². The zero-order valence-corrected chi connectivity index (χ0v) is 14.2. The van der Waals surface area contributed by atoms with Crippen LogP contribution in [0.15, 0.2) is 54.7 Å². The van der Waals surface area contributed by atoms with Gasteiger partial charge in [0.15, 0.2) is 0 Å². The molecule has 128 valence electrons. The summed E-state index contributed by atoms with van der Waals surface area (Å²) in [5.74, 6) is 0.0960. The number of nitrogens with zero attached hydrogens (tertiary/aromatic N) is 2. The lowest BCUT2D eigenvalue weighted by molar-refractivity contribution is 0.191. The third kappa shape index (κ3) is 4.80. The second-order valence-electron chi connectivity index (χ2n) is 5.85. The molecule has 0 spiro atoms. The third-order valence-corrected chi connectivity index (χ3v) is 4.27. The highest BCUT2D eigenvalue weighted by molar-refractivity contribution is 5.74. The minimum atomic E-state index is -0.146. The lowest BCUT2D eigenvalue weighted by atomic mass is 9.96. The van der Waals surface area contributed by atoms with Crippen LogP contribution in [0.1, 0.15) is 36.6 Å². The smallest absolute Gasteiger partial charge is 0.317 e. The molecule has 5 heteroatoms. The molecule has 2 rings (SSSR count). The van der Waals surface area contributed by atoms with E-state index in [1.807, 2.05) is 55.5 Å². The van der Waals surface area contributed by atoms with Crippen LogP contribution in [-0.4, -0.2) is 41.2 Å². The molecule has 0 aliphatic heterocycles. The lowest BCUT2D eigenvalue weighted by Gasteiger charge is -2.26. The Morgan fingerprint density at radius 2 is 1.92 bits per heavy atom. The molecule has 0 bridgehead atoms. The Kier molecular flexibility index (Phi) is 6.75. The number of aromatic nitrogens is 1. The fourth-order valence-electron chi connectivity index (χ4n) is 2.60. The van der Waals surface area contributed by atoms with Gasteiger partial charge in [-0.2, -0.15) is 0 Å². The van der Waals surface area contributed by atoms with Crippen molar-refractivity contribution in [2.45, 2.75) is 25.3 Å². The van der Waals surface area contributed by atoms with Crippen LogP contribution in [0.25, 0.3) is 0 Å². The molecular formula is C19H25N3O2. The van der Waals surface area contributed by atoms with Gasteiger partial charge in [-0.05, 0) is 31.0 Å². The Balaban J connectivity index is 1.95. The highest BCUT2D eigenvalue weighted by atomic mass is 16.3. The predicted octanol–water partition coefficient (Wildman–Crippen LogP) is 2.95. The summed E-state index contributed by atoms with van der Waals surface area (Å²) in [5.41, 5.74) is 1.97. The second-order valence-corrected chi connectivity index (χ2v) is 5.85. The predicted molar refractivity (Wildman–Crippen MR) is 94.7 cm³/mol. The Labute approximate surface area is 143 Å². The molecule has 0 radical (unpaired) electrons. The molecule has 0 aliphatic rings. The average molecular weight is 327 g/mol. The molecule has 2 unspecified atom stereocenters. The first-order valence-corrected chi connectivity index (χ1v) is 8.21. The number of nitrogens with one attached hydrogen (secondary N) is 1. The fraction of sp³-hybridized carbons (Fsp3) is 0.368. The van der Waals surface area contributed by atoms with Gasteiger partial charge in [-0.3, -0.25) is 4.98 Å². The van der Waals surface area contributed by atoms with E-state index < -0.39 is 0 Å². The minimum Gasteiger partial charge on any atom is -0.396 e. The summed E-state index contributed by atoms with van der Waals surface area (Å²) in [6.07, 6.45) is 2.34. The van der Waals surface area contributed by atoms with Crippen LogP contribution >= 0.6 is 0 Å². The first kappa shape index (κ1) is 17.9. The molecular weight excluding hydrogens is 302 g/mol. The van der Waals surface area contributed by atoms with Gasteiger partial charge in [0.25, 0.3) is 0 Å². The second kappa shape index (κ2) is 9.03. The number of urea groups is 1. The monoisotopic (exact) mass is 327 g/mol. The van der Waals surface area contributed by atoms with E-state index in [2.05, 4.69) is 10.3 Å². The molecule has 2 amide bonds. The summed E-state index contributed by atoms with van der Waals surface area (Å²) in [7, 11) is 1.76. The van der Waals surface area contributed by atoms with Crippen LogP contribution in [0.2, 0.25) is 0 Å². The molecule has 5 nitrogen and oxygen atoms in total. The van der Waals surface area contributed by atoms with E-state index in [1.54, 1.807) is 18.1 Å². The van der Waals surface area contributed by atoms with E-state index in [1.165, 1.54) is 0 Å². The highest BCUT2D eigenvalue weighted by Gasteiger charge is 2.19. The van der Waals surface area contributed by atoms with Crippen molar-refractivity contribution >= 4 is 6.03 Å². The molecule has 0 saturated carbocycles. The zero-order chi connectivity index (χ0) is 17.4. The maximum Gasteiger partial charge on any atom is 0.317 e. The number of hydrogen-bond acceptors (Lipinski definition) is 3. The van der Waals surface area contributed by atoms with Crippen LogP contribution in [0.4, 0.5) is 4.79 Å². The molecule has 1 heterocycles. The summed E-state index contributed by atoms with van der Waals surface area (Å²) in [5, 5.41) is 12.2. The summed E-state index contributed by atoms with van der Waals surface area (Å²) in [6, 6.07) is 15.4. The summed E-state index contributed by atoms with van der Waals surface area (Å²) >= 11 is 0. The Morgan fingerprint density at radius 1 is 1.21 bits per heavy atom. The molecule has 24 heavy (non-hydrogen) atoms. The van der Waals surface area contributed by atoms with Gasteiger partial charge in [-0.25, -0.2) is 4.79 Å². The van der Waals surface area contributed by atoms with Gasteiger partial charge in [0.2, 0.25) is 0 Å². The molecule has 0 saturated heterocycles. The van der Waals surface area contributed by atoms with E-state index >= 15 is 0 Å². The largest absolute Gasteiger partial charge is 0.396 e. The van der Waals surface area contributed by atoms with Gasteiger partial charge in [0.05, 0.1) is 11.7 Å². The number of aliphatic hydroxyl groups is 1. The highest BCUT2D eigenvalue weighted by Crippen LogP contribution is 2.19. The van der Waals surface area contributed by atoms with Crippen molar-refractivity contribution in [3.63, 3.8) is 0 Å². The van der Waals surface area contributed by atoms with E-state index in [0.29, 0.717) is 13.0 Å². The first-order valence-electron chi connectivity index (χ1n) is 8.21. The van der Waals surface area contributed by atoms with Crippen molar-refractivity contribution < 1.29 is 9.90 Å². The van der Waals surface area contributed by atoms with Gasteiger partial charge >= 0.3 is 6.03 Å². The number of benzene rings is 1. The Morgan fingerprint density at radius 3 is 2.54 bits per heavy atom. The van der Waals surface area contributed by atoms with Crippen LogP contribution < -0.4 is 5.32 Å². The van der Waals surface area contributed by atoms with Crippen molar-refractivity contribution in [2.24, 2.45) is 0 Å². The lowest BCUT2D eigenvalue weighted by Crippen LogP contribution is -2.40. The van der Waals surface area contributed by atoms with Crippen LogP contribution in [-0.2, 0) is 0 Å². The van der Waals surface area contributed by atoms with Crippen molar-refractivity contribution in [3.05, 3.63) is 66.0 Å². The minimum absolute atomic E-state index is 0.0929. The topological polar surface area (TPSA) is 65.5 Å².